The number of nitrogens with zero attached hydrogens (tertiary/aromatic N) is 5. The third-order valence-corrected chi connectivity index (χ3v) is 8.57. The molecule has 200 valence electrons. The van der Waals surface area contributed by atoms with E-state index < -0.39 is 11.8 Å². The highest BCUT2D eigenvalue weighted by Crippen LogP contribution is 2.49. The third-order valence-electron chi connectivity index (χ3n) is 8.57. The van der Waals surface area contributed by atoms with Gasteiger partial charge in [0, 0.05) is 44.2 Å². The van der Waals surface area contributed by atoms with Gasteiger partial charge in [-0.2, -0.15) is 0 Å². The van der Waals surface area contributed by atoms with Gasteiger partial charge in [-0.15, -0.1) is 10.2 Å². The molecule has 0 saturated heterocycles. The molecular weight excluding hydrogens is 490 g/mol. The van der Waals surface area contributed by atoms with Gasteiger partial charge in [-0.3, -0.25) is 8.97 Å². The number of hydrogen-bond donors (Lipinski definition) is 1. The highest BCUT2D eigenvalue weighted by molar-refractivity contribution is 5.57. The second-order valence-electron chi connectivity index (χ2n) is 11.1. The van der Waals surface area contributed by atoms with Gasteiger partial charge in [0.2, 0.25) is 0 Å². The number of methoxy groups -OCH3 is 1. The van der Waals surface area contributed by atoms with Crippen LogP contribution in [0.15, 0.2) is 53.8 Å². The maximum absolute atomic E-state index is 14.1. The van der Waals surface area contributed by atoms with Crippen LogP contribution in [0.25, 0.3) is 11.2 Å². The van der Waals surface area contributed by atoms with E-state index in [1.54, 1.807) is 19.6 Å². The first kappa shape index (κ1) is 24.9. The predicted molar refractivity (Wildman–Crippen MR) is 139 cm³/mol. The van der Waals surface area contributed by atoms with E-state index in [0.717, 1.165) is 43.5 Å². The van der Waals surface area contributed by atoms with Crippen LogP contribution in [-0.4, -0.2) is 42.5 Å². The Morgan fingerprint density at radius 1 is 1.21 bits per heavy atom. The largest absolute Gasteiger partial charge is 0.381 e. The number of benzene rings is 1. The summed E-state index contributed by atoms with van der Waals surface area (Å²) in [6.45, 7) is 2.57. The molecule has 0 aliphatic heterocycles. The standard InChI is InChI=1S/C28H32F2N6O2/c1-27(8-5-9-27)31-14-18-10-22(24(29)30)23-16-35(26(37)36(23)15-18)20-7-4-6-19(11-20)28(12-21(13-28)38-3)25-33-32-17-34(25)2/h4,6-7,10-11,15-17,21,24,31H,5,8-9,12-14H2,1-3H3/t21-,28+. The minimum absolute atomic E-state index is 0.0271. The molecule has 2 fully saturated rings. The minimum atomic E-state index is -2.70. The van der Waals surface area contributed by atoms with E-state index in [-0.39, 0.29) is 28.4 Å². The minimum Gasteiger partial charge on any atom is -0.381 e. The van der Waals surface area contributed by atoms with Crippen LogP contribution in [0.3, 0.4) is 0 Å². The molecule has 0 spiro atoms. The lowest BCUT2D eigenvalue weighted by molar-refractivity contribution is -0.00696. The lowest BCUT2D eigenvalue weighted by atomic mass is 9.62. The van der Waals surface area contributed by atoms with Crippen molar-refractivity contribution < 1.29 is 13.5 Å². The van der Waals surface area contributed by atoms with Gasteiger partial charge in [-0.25, -0.2) is 13.6 Å². The van der Waals surface area contributed by atoms with Crippen molar-refractivity contribution in [1.82, 2.24) is 29.0 Å². The molecule has 0 unspecified atom stereocenters. The number of alkyl halides is 2. The van der Waals surface area contributed by atoms with E-state index in [1.165, 1.54) is 21.2 Å². The van der Waals surface area contributed by atoms with Crippen LogP contribution in [-0.2, 0) is 23.7 Å². The fourth-order valence-corrected chi connectivity index (χ4v) is 6.03. The predicted octanol–water partition coefficient (Wildman–Crippen LogP) is 4.28. The number of pyridine rings is 1. The summed E-state index contributed by atoms with van der Waals surface area (Å²) in [5.41, 5.74) is 1.55. The Bertz CT molecular complexity index is 1540. The quantitative estimate of drug-likeness (QED) is 0.374. The molecular formula is C28H32F2N6O2. The zero-order valence-corrected chi connectivity index (χ0v) is 21.8. The Labute approximate surface area is 219 Å². The van der Waals surface area contributed by atoms with Gasteiger partial charge in [0.15, 0.2) is 0 Å². The molecule has 8 nitrogen and oxygen atoms in total. The maximum atomic E-state index is 14.1. The topological polar surface area (TPSA) is 78.4 Å². The summed E-state index contributed by atoms with van der Waals surface area (Å²) in [6.07, 6.45) is 7.01. The normalized spacial score (nSPS) is 22.5. The van der Waals surface area contributed by atoms with Gasteiger partial charge in [0.05, 0.1) is 22.7 Å². The van der Waals surface area contributed by atoms with E-state index in [2.05, 4.69) is 22.4 Å². The smallest absolute Gasteiger partial charge is 0.337 e. The second-order valence-corrected chi connectivity index (χ2v) is 11.1. The molecule has 6 rings (SSSR count). The second kappa shape index (κ2) is 9.13. The Morgan fingerprint density at radius 3 is 2.63 bits per heavy atom. The number of hydrogen-bond acceptors (Lipinski definition) is 5. The monoisotopic (exact) mass is 522 g/mol. The van der Waals surface area contributed by atoms with Crippen molar-refractivity contribution in [2.45, 2.75) is 69.1 Å². The summed E-state index contributed by atoms with van der Waals surface area (Å²) in [7, 11) is 3.61. The van der Waals surface area contributed by atoms with E-state index in [0.29, 0.717) is 17.8 Å². The lowest BCUT2D eigenvalue weighted by Gasteiger charge is -2.46. The molecule has 3 heterocycles. The van der Waals surface area contributed by atoms with Gasteiger partial charge in [-0.05, 0) is 68.4 Å². The number of rotatable bonds is 8. The van der Waals surface area contributed by atoms with Crippen LogP contribution in [0.2, 0.25) is 0 Å². The summed E-state index contributed by atoms with van der Waals surface area (Å²) >= 11 is 0. The van der Waals surface area contributed by atoms with Crippen molar-refractivity contribution in [1.29, 1.82) is 0 Å². The molecule has 10 heteroatoms. The molecule has 4 aromatic rings. The number of imidazole rings is 1. The molecule has 38 heavy (non-hydrogen) atoms. The Balaban J connectivity index is 1.41. The van der Waals surface area contributed by atoms with Gasteiger partial charge in [0.25, 0.3) is 6.43 Å². The molecule has 0 atom stereocenters. The summed E-state index contributed by atoms with van der Waals surface area (Å²) in [6, 6.07) is 9.19. The van der Waals surface area contributed by atoms with E-state index >= 15 is 0 Å². The van der Waals surface area contributed by atoms with Crippen LogP contribution < -0.4 is 11.0 Å². The van der Waals surface area contributed by atoms with Crippen molar-refractivity contribution in [3.8, 4) is 5.69 Å². The van der Waals surface area contributed by atoms with Crippen LogP contribution in [0.4, 0.5) is 8.78 Å². The van der Waals surface area contributed by atoms with Crippen molar-refractivity contribution in [2.75, 3.05) is 7.11 Å². The van der Waals surface area contributed by atoms with Gasteiger partial charge in [0.1, 0.15) is 12.2 Å². The van der Waals surface area contributed by atoms with Gasteiger partial charge in [-0.1, -0.05) is 12.1 Å². The van der Waals surface area contributed by atoms with Gasteiger partial charge >= 0.3 is 5.69 Å². The van der Waals surface area contributed by atoms with Crippen molar-refractivity contribution >= 4 is 5.52 Å². The van der Waals surface area contributed by atoms with Crippen molar-refractivity contribution in [3.05, 3.63) is 82.1 Å². The summed E-state index contributed by atoms with van der Waals surface area (Å²) in [5.74, 6) is 0.828. The first-order valence-corrected chi connectivity index (χ1v) is 13.0. The SMILES string of the molecule is CO[C@H]1C[C@@](c2cccc(-n3cc4c(C(F)F)cc(CNC5(C)CCC5)cn4c3=O)c2)(c2nncn2C)C1. The van der Waals surface area contributed by atoms with Gasteiger partial charge < -0.3 is 14.6 Å². The summed E-state index contributed by atoms with van der Waals surface area (Å²) < 4.78 is 38.6. The lowest BCUT2D eigenvalue weighted by Crippen LogP contribution is -2.48. The Morgan fingerprint density at radius 2 is 2.00 bits per heavy atom. The molecule has 0 bridgehead atoms. The molecule has 2 aliphatic rings. The number of nitrogens with one attached hydrogen (secondary N) is 1. The Kier molecular flexibility index (Phi) is 5.99. The van der Waals surface area contributed by atoms with Crippen LogP contribution >= 0.6 is 0 Å². The van der Waals surface area contributed by atoms with E-state index in [9.17, 15) is 13.6 Å². The molecule has 0 radical (unpaired) electrons. The van der Waals surface area contributed by atoms with Crippen LogP contribution in [0, 0.1) is 0 Å². The fourth-order valence-electron chi connectivity index (χ4n) is 6.03. The number of ether oxygens (including phenoxy) is 1. The molecule has 1 aromatic carbocycles. The van der Waals surface area contributed by atoms with Crippen molar-refractivity contribution in [2.24, 2.45) is 7.05 Å². The fraction of sp³-hybridized carbons (Fsp3) is 0.464. The Hall–Kier alpha value is -3.37. The molecule has 0 amide bonds. The number of aryl methyl sites for hydroxylation is 1. The zero-order valence-electron chi connectivity index (χ0n) is 21.8. The average molecular weight is 523 g/mol. The molecule has 1 N–H and O–H groups in total. The first-order chi connectivity index (χ1) is 18.2. The zero-order chi connectivity index (χ0) is 26.7. The number of fused-ring (bicyclic) bond motifs is 1. The highest BCUT2D eigenvalue weighted by atomic mass is 19.3. The van der Waals surface area contributed by atoms with Crippen LogP contribution in [0.5, 0.6) is 0 Å². The third kappa shape index (κ3) is 3.97. The maximum Gasteiger partial charge on any atom is 0.337 e. The van der Waals surface area contributed by atoms with Crippen molar-refractivity contribution in [3.63, 3.8) is 0 Å². The summed E-state index contributed by atoms with van der Waals surface area (Å²) in [5, 5.41) is 11.9. The summed E-state index contributed by atoms with van der Waals surface area (Å²) in [4.78, 5) is 13.6. The number of aromatic nitrogens is 5. The van der Waals surface area contributed by atoms with E-state index in [1.807, 2.05) is 35.9 Å². The molecule has 2 aliphatic carbocycles. The highest BCUT2D eigenvalue weighted by Gasteiger charge is 2.50. The number of halogens is 2. The molecule has 3 aromatic heterocycles. The first-order valence-electron chi connectivity index (χ1n) is 13.0. The average Bonchev–Trinajstić information content (AvgIpc) is 3.44. The molecule has 2 saturated carbocycles. The van der Waals surface area contributed by atoms with Crippen LogP contribution in [0.1, 0.15) is 68.0 Å². The van der Waals surface area contributed by atoms with E-state index in [4.69, 9.17) is 4.74 Å².